The smallest absolute Gasteiger partial charge is 0.311 e. The fourth-order valence-corrected chi connectivity index (χ4v) is 3.61. The molecule has 0 saturated heterocycles. The second-order valence-corrected chi connectivity index (χ2v) is 5.30. The standard InChI is InChI=1S/C12H19NO3/c1-16-10(15)12-6-2-4-11(8-12,9(13)14)5-3-7-12/h2-8H2,1H3,(H2,13,14). The minimum Gasteiger partial charge on any atom is -0.469 e. The molecule has 0 aliphatic heterocycles. The molecule has 2 bridgehead atoms. The van der Waals surface area contributed by atoms with Gasteiger partial charge in [0.1, 0.15) is 0 Å². The van der Waals surface area contributed by atoms with Gasteiger partial charge in [-0.1, -0.05) is 12.8 Å². The Balaban J connectivity index is 2.29. The highest BCUT2D eigenvalue weighted by Crippen LogP contribution is 2.55. The van der Waals surface area contributed by atoms with Crippen LogP contribution in [-0.2, 0) is 14.3 Å². The number of carbonyl (C=O) groups is 2. The van der Waals surface area contributed by atoms with E-state index in [1.807, 2.05) is 0 Å². The number of hydrogen-bond donors (Lipinski definition) is 1. The molecule has 0 heterocycles. The largest absolute Gasteiger partial charge is 0.469 e. The second-order valence-electron chi connectivity index (χ2n) is 5.30. The summed E-state index contributed by atoms with van der Waals surface area (Å²) in [5.41, 5.74) is 4.65. The van der Waals surface area contributed by atoms with Gasteiger partial charge in [-0.2, -0.15) is 0 Å². The van der Waals surface area contributed by atoms with Crippen molar-refractivity contribution in [3.05, 3.63) is 0 Å². The number of primary amides is 1. The van der Waals surface area contributed by atoms with E-state index in [-0.39, 0.29) is 11.9 Å². The van der Waals surface area contributed by atoms with Gasteiger partial charge in [0.2, 0.25) is 5.91 Å². The third kappa shape index (κ3) is 1.51. The first kappa shape index (κ1) is 11.4. The Morgan fingerprint density at radius 1 is 1.06 bits per heavy atom. The maximum Gasteiger partial charge on any atom is 0.311 e. The van der Waals surface area contributed by atoms with Crippen LogP contribution in [0.1, 0.15) is 44.9 Å². The first-order valence-corrected chi connectivity index (χ1v) is 5.93. The quantitative estimate of drug-likeness (QED) is 0.722. The van der Waals surface area contributed by atoms with Crippen molar-refractivity contribution in [1.82, 2.24) is 0 Å². The molecule has 0 spiro atoms. The zero-order chi connectivity index (χ0) is 11.8. The molecule has 4 heteroatoms. The predicted octanol–water partition coefficient (Wildman–Crippen LogP) is 1.38. The summed E-state index contributed by atoms with van der Waals surface area (Å²) in [4.78, 5) is 23.5. The van der Waals surface area contributed by atoms with E-state index >= 15 is 0 Å². The molecule has 2 N–H and O–H groups in total. The molecule has 4 nitrogen and oxygen atoms in total. The second kappa shape index (κ2) is 3.75. The maximum absolute atomic E-state index is 11.9. The molecule has 0 aromatic rings. The number of hydrogen-bond acceptors (Lipinski definition) is 3. The van der Waals surface area contributed by atoms with Gasteiger partial charge in [-0.25, -0.2) is 0 Å². The van der Waals surface area contributed by atoms with Gasteiger partial charge in [0, 0.05) is 0 Å². The van der Waals surface area contributed by atoms with Crippen LogP contribution in [-0.4, -0.2) is 19.0 Å². The molecule has 1 amide bonds. The molecule has 16 heavy (non-hydrogen) atoms. The van der Waals surface area contributed by atoms with Gasteiger partial charge in [-0.15, -0.1) is 0 Å². The average Bonchev–Trinajstić information content (AvgIpc) is 2.28. The predicted molar refractivity (Wildman–Crippen MR) is 58.4 cm³/mol. The van der Waals surface area contributed by atoms with Crippen molar-refractivity contribution in [1.29, 1.82) is 0 Å². The molecule has 2 fully saturated rings. The summed E-state index contributed by atoms with van der Waals surface area (Å²) in [6.45, 7) is 0. The zero-order valence-electron chi connectivity index (χ0n) is 9.75. The monoisotopic (exact) mass is 225 g/mol. The van der Waals surface area contributed by atoms with Crippen LogP contribution in [0.4, 0.5) is 0 Å². The minimum absolute atomic E-state index is 0.155. The van der Waals surface area contributed by atoms with E-state index in [1.54, 1.807) is 0 Å². The highest BCUT2D eigenvalue weighted by Gasteiger charge is 2.54. The van der Waals surface area contributed by atoms with Crippen molar-refractivity contribution >= 4 is 11.9 Å². The first-order chi connectivity index (χ1) is 7.55. The highest BCUT2D eigenvalue weighted by atomic mass is 16.5. The van der Waals surface area contributed by atoms with E-state index < -0.39 is 10.8 Å². The van der Waals surface area contributed by atoms with E-state index in [1.165, 1.54) is 7.11 Å². The minimum atomic E-state index is -0.440. The van der Waals surface area contributed by atoms with Crippen LogP contribution in [0.3, 0.4) is 0 Å². The Labute approximate surface area is 95.5 Å². The van der Waals surface area contributed by atoms with Crippen LogP contribution >= 0.6 is 0 Å². The third-order valence-corrected chi connectivity index (χ3v) is 4.44. The molecule has 90 valence electrons. The lowest BCUT2D eigenvalue weighted by atomic mass is 9.54. The Morgan fingerprint density at radius 2 is 1.56 bits per heavy atom. The molecular weight excluding hydrogens is 206 g/mol. The molecule has 0 aromatic heterocycles. The van der Waals surface area contributed by atoms with Crippen LogP contribution in [0, 0.1) is 10.8 Å². The van der Waals surface area contributed by atoms with Crippen molar-refractivity contribution in [3.63, 3.8) is 0 Å². The summed E-state index contributed by atoms with van der Waals surface area (Å²) in [7, 11) is 1.42. The number of amides is 1. The SMILES string of the molecule is COC(=O)C12CCCC(C(N)=O)(CCC1)C2. The van der Waals surface area contributed by atoms with Crippen molar-refractivity contribution in [2.75, 3.05) is 7.11 Å². The molecule has 2 aliphatic carbocycles. The van der Waals surface area contributed by atoms with Crippen LogP contribution < -0.4 is 5.73 Å². The van der Waals surface area contributed by atoms with Crippen molar-refractivity contribution in [2.24, 2.45) is 16.6 Å². The average molecular weight is 225 g/mol. The molecule has 0 aromatic carbocycles. The van der Waals surface area contributed by atoms with E-state index in [4.69, 9.17) is 10.5 Å². The van der Waals surface area contributed by atoms with Crippen LogP contribution in [0.15, 0.2) is 0 Å². The van der Waals surface area contributed by atoms with Crippen molar-refractivity contribution in [3.8, 4) is 0 Å². The molecule has 0 unspecified atom stereocenters. The van der Waals surface area contributed by atoms with Gasteiger partial charge >= 0.3 is 5.97 Å². The summed E-state index contributed by atoms with van der Waals surface area (Å²) in [5, 5.41) is 0. The normalized spacial score (nSPS) is 37.8. The number of nitrogens with two attached hydrogens (primary N) is 1. The Bertz CT molecular complexity index is 314. The van der Waals surface area contributed by atoms with Gasteiger partial charge in [0.05, 0.1) is 17.9 Å². The van der Waals surface area contributed by atoms with Crippen LogP contribution in [0.5, 0.6) is 0 Å². The number of methoxy groups -OCH3 is 1. The summed E-state index contributed by atoms with van der Waals surface area (Å²) in [6.07, 6.45) is 5.75. The number of esters is 1. The number of rotatable bonds is 2. The molecule has 2 rings (SSSR count). The van der Waals surface area contributed by atoms with Gasteiger partial charge in [-0.3, -0.25) is 9.59 Å². The lowest BCUT2D eigenvalue weighted by Gasteiger charge is -2.48. The third-order valence-electron chi connectivity index (χ3n) is 4.44. The van der Waals surface area contributed by atoms with E-state index in [0.717, 1.165) is 38.5 Å². The van der Waals surface area contributed by atoms with Gasteiger partial charge in [0.15, 0.2) is 0 Å². The van der Waals surface area contributed by atoms with Crippen molar-refractivity contribution in [2.45, 2.75) is 44.9 Å². The fraction of sp³-hybridized carbons (Fsp3) is 0.833. The lowest BCUT2D eigenvalue weighted by molar-refractivity contribution is -0.164. The van der Waals surface area contributed by atoms with E-state index in [9.17, 15) is 9.59 Å². The molecule has 0 atom stereocenters. The summed E-state index contributed by atoms with van der Waals surface area (Å²) >= 11 is 0. The summed E-state index contributed by atoms with van der Waals surface area (Å²) in [6, 6.07) is 0. The number of carbonyl (C=O) groups excluding carboxylic acids is 2. The fourth-order valence-electron chi connectivity index (χ4n) is 3.61. The molecule has 2 aliphatic rings. The number of fused-ring (bicyclic) bond motifs is 2. The lowest BCUT2D eigenvalue weighted by Crippen LogP contribution is -2.51. The zero-order valence-corrected chi connectivity index (χ0v) is 9.75. The topological polar surface area (TPSA) is 69.4 Å². The summed E-state index contributed by atoms with van der Waals surface area (Å²) in [5.74, 6) is -0.391. The maximum atomic E-state index is 11.9. The van der Waals surface area contributed by atoms with Gasteiger partial charge in [-0.05, 0) is 32.1 Å². The summed E-state index contributed by atoms with van der Waals surface area (Å²) < 4.78 is 4.90. The molecule has 2 saturated carbocycles. The Morgan fingerprint density at radius 3 is 2.00 bits per heavy atom. The Kier molecular flexibility index (Phi) is 2.68. The first-order valence-electron chi connectivity index (χ1n) is 5.93. The molecule has 0 radical (unpaired) electrons. The van der Waals surface area contributed by atoms with E-state index in [2.05, 4.69) is 0 Å². The highest BCUT2D eigenvalue weighted by molar-refractivity contribution is 5.84. The van der Waals surface area contributed by atoms with E-state index in [0.29, 0.717) is 6.42 Å². The number of ether oxygens (including phenoxy) is 1. The van der Waals surface area contributed by atoms with Crippen LogP contribution in [0.25, 0.3) is 0 Å². The van der Waals surface area contributed by atoms with Crippen molar-refractivity contribution < 1.29 is 14.3 Å². The Hall–Kier alpha value is -1.06. The van der Waals surface area contributed by atoms with Gasteiger partial charge in [0.25, 0.3) is 0 Å². The van der Waals surface area contributed by atoms with Crippen LogP contribution in [0.2, 0.25) is 0 Å². The molecular formula is C12H19NO3. The van der Waals surface area contributed by atoms with Gasteiger partial charge < -0.3 is 10.5 Å².